The van der Waals surface area contributed by atoms with Crippen LogP contribution in [0.3, 0.4) is 0 Å². The molecular formula is C10H13FN2. The van der Waals surface area contributed by atoms with E-state index >= 15 is 0 Å². The Hall–Kier alpha value is -0.960. The average molecular weight is 180 g/mol. The maximum atomic E-state index is 12.6. The molecule has 0 spiro atoms. The fraction of sp³-hybridized carbons (Fsp3) is 0.500. The van der Waals surface area contributed by atoms with Gasteiger partial charge in [0.15, 0.2) is 0 Å². The minimum absolute atomic E-state index is 0.298. The summed E-state index contributed by atoms with van der Waals surface area (Å²) < 4.78 is 12.6. The van der Waals surface area contributed by atoms with E-state index in [9.17, 15) is 4.39 Å². The van der Waals surface area contributed by atoms with Crippen molar-refractivity contribution in [3.05, 3.63) is 29.8 Å². The average Bonchev–Trinajstić information content (AvgIpc) is 2.54. The molecule has 0 saturated heterocycles. The summed E-state index contributed by atoms with van der Waals surface area (Å²) in [5.74, 6) is -0.301. The Morgan fingerprint density at radius 1 is 1.31 bits per heavy atom. The molecule has 1 aromatic rings. The first kappa shape index (κ1) is 8.63. The van der Waals surface area contributed by atoms with Gasteiger partial charge in [0.1, 0.15) is 5.82 Å². The van der Waals surface area contributed by atoms with Gasteiger partial charge in [-0.2, -0.15) is 0 Å². The normalized spacial score (nSPS) is 20.5. The zero-order valence-corrected chi connectivity index (χ0v) is 7.46. The van der Waals surface area contributed by atoms with E-state index in [4.69, 9.17) is 5.73 Å². The van der Waals surface area contributed by atoms with Crippen LogP contribution in [0.4, 0.5) is 4.39 Å². The molecule has 13 heavy (non-hydrogen) atoms. The van der Waals surface area contributed by atoms with Crippen LogP contribution in [0.5, 0.6) is 0 Å². The van der Waals surface area contributed by atoms with E-state index in [1.54, 1.807) is 6.07 Å². The second kappa shape index (κ2) is 3.07. The third-order valence-corrected chi connectivity index (χ3v) is 2.73. The zero-order chi connectivity index (χ0) is 9.31. The van der Waals surface area contributed by atoms with Crippen molar-refractivity contribution in [2.24, 2.45) is 5.73 Å². The van der Waals surface area contributed by atoms with Gasteiger partial charge >= 0.3 is 0 Å². The van der Waals surface area contributed by atoms with Crippen LogP contribution in [0.1, 0.15) is 31.4 Å². The summed E-state index contributed by atoms with van der Waals surface area (Å²) in [6, 6.07) is 3.12. The Morgan fingerprint density at radius 3 is 2.54 bits per heavy atom. The quantitative estimate of drug-likeness (QED) is 0.717. The van der Waals surface area contributed by atoms with Gasteiger partial charge in [-0.1, -0.05) is 12.8 Å². The number of nitrogens with zero attached hydrogens (tertiary/aromatic N) is 1. The van der Waals surface area contributed by atoms with Crippen molar-refractivity contribution < 1.29 is 4.39 Å². The van der Waals surface area contributed by atoms with E-state index in [0.29, 0.717) is 0 Å². The first-order chi connectivity index (χ1) is 6.21. The summed E-state index contributed by atoms with van der Waals surface area (Å²) in [5, 5.41) is 0. The summed E-state index contributed by atoms with van der Waals surface area (Å²) in [4.78, 5) is 4.03. The summed E-state index contributed by atoms with van der Waals surface area (Å²) in [5.41, 5.74) is 6.67. The zero-order valence-electron chi connectivity index (χ0n) is 7.46. The van der Waals surface area contributed by atoms with Gasteiger partial charge < -0.3 is 5.73 Å². The van der Waals surface area contributed by atoms with Crippen molar-refractivity contribution >= 4 is 0 Å². The van der Waals surface area contributed by atoms with Gasteiger partial charge in [-0.15, -0.1) is 0 Å². The van der Waals surface area contributed by atoms with Crippen LogP contribution >= 0.6 is 0 Å². The van der Waals surface area contributed by atoms with Gasteiger partial charge in [-0.3, -0.25) is 4.98 Å². The summed E-state index contributed by atoms with van der Waals surface area (Å²) in [6.07, 6.45) is 5.46. The molecule has 1 heterocycles. The number of aromatic nitrogens is 1. The molecule has 1 aliphatic rings. The Labute approximate surface area is 77.0 Å². The number of hydrogen-bond donors (Lipinski definition) is 1. The number of pyridine rings is 1. The molecule has 3 heteroatoms. The highest BCUT2D eigenvalue weighted by molar-refractivity contribution is 5.17. The molecule has 0 unspecified atom stereocenters. The van der Waals surface area contributed by atoms with E-state index < -0.39 is 0 Å². The molecule has 70 valence electrons. The van der Waals surface area contributed by atoms with Gasteiger partial charge in [0.25, 0.3) is 0 Å². The molecule has 1 aliphatic carbocycles. The fourth-order valence-electron chi connectivity index (χ4n) is 1.93. The van der Waals surface area contributed by atoms with Gasteiger partial charge in [-0.05, 0) is 25.0 Å². The SMILES string of the molecule is NC1(c2ccc(F)cn2)CCCC1. The maximum absolute atomic E-state index is 12.6. The lowest BCUT2D eigenvalue weighted by atomic mass is 9.94. The second-order valence-corrected chi connectivity index (χ2v) is 3.72. The molecule has 1 fully saturated rings. The largest absolute Gasteiger partial charge is 0.320 e. The summed E-state index contributed by atoms with van der Waals surface area (Å²) in [7, 11) is 0. The maximum Gasteiger partial charge on any atom is 0.141 e. The van der Waals surface area contributed by atoms with Gasteiger partial charge in [0.2, 0.25) is 0 Å². The molecule has 2 rings (SSSR count). The molecule has 1 saturated carbocycles. The van der Waals surface area contributed by atoms with Gasteiger partial charge in [0.05, 0.1) is 17.4 Å². The van der Waals surface area contributed by atoms with Gasteiger partial charge in [0, 0.05) is 0 Å². The molecule has 0 radical (unpaired) electrons. The highest BCUT2D eigenvalue weighted by Crippen LogP contribution is 2.34. The molecule has 0 amide bonds. The Bertz CT molecular complexity index is 288. The second-order valence-electron chi connectivity index (χ2n) is 3.72. The van der Waals surface area contributed by atoms with Crippen LogP contribution < -0.4 is 5.73 Å². The molecule has 1 aromatic heterocycles. The van der Waals surface area contributed by atoms with E-state index in [1.165, 1.54) is 12.3 Å². The third kappa shape index (κ3) is 1.56. The molecule has 0 aliphatic heterocycles. The number of rotatable bonds is 1. The van der Waals surface area contributed by atoms with Crippen molar-refractivity contribution in [1.29, 1.82) is 0 Å². The Kier molecular flexibility index (Phi) is 2.04. The van der Waals surface area contributed by atoms with E-state index in [2.05, 4.69) is 4.98 Å². The predicted molar refractivity (Wildman–Crippen MR) is 48.5 cm³/mol. The number of halogens is 1. The van der Waals surface area contributed by atoms with Crippen molar-refractivity contribution in [2.75, 3.05) is 0 Å². The smallest absolute Gasteiger partial charge is 0.141 e. The molecule has 2 nitrogen and oxygen atoms in total. The van der Waals surface area contributed by atoms with Crippen LogP contribution in [0.15, 0.2) is 18.3 Å². The summed E-state index contributed by atoms with van der Waals surface area (Å²) >= 11 is 0. The standard InChI is InChI=1S/C10H13FN2/c11-8-3-4-9(13-7-8)10(12)5-1-2-6-10/h3-4,7H,1-2,5-6,12H2. The minimum Gasteiger partial charge on any atom is -0.320 e. The van der Waals surface area contributed by atoms with Crippen LogP contribution in [-0.4, -0.2) is 4.98 Å². The molecule has 2 N–H and O–H groups in total. The Balaban J connectivity index is 2.29. The predicted octanol–water partition coefficient (Wildman–Crippen LogP) is 1.95. The highest BCUT2D eigenvalue weighted by Gasteiger charge is 2.32. The van der Waals surface area contributed by atoms with Crippen molar-refractivity contribution in [3.63, 3.8) is 0 Å². The van der Waals surface area contributed by atoms with Crippen LogP contribution in [0.2, 0.25) is 0 Å². The first-order valence-corrected chi connectivity index (χ1v) is 4.62. The minimum atomic E-state index is -0.301. The lowest BCUT2D eigenvalue weighted by Gasteiger charge is -2.22. The van der Waals surface area contributed by atoms with E-state index in [1.807, 2.05) is 0 Å². The topological polar surface area (TPSA) is 38.9 Å². The molecule has 0 aromatic carbocycles. The van der Waals surface area contributed by atoms with Crippen molar-refractivity contribution in [1.82, 2.24) is 4.98 Å². The monoisotopic (exact) mass is 180 g/mol. The number of nitrogens with two attached hydrogens (primary N) is 1. The highest BCUT2D eigenvalue weighted by atomic mass is 19.1. The van der Waals surface area contributed by atoms with Crippen molar-refractivity contribution in [2.45, 2.75) is 31.2 Å². The fourth-order valence-corrected chi connectivity index (χ4v) is 1.93. The van der Waals surface area contributed by atoms with Crippen molar-refractivity contribution in [3.8, 4) is 0 Å². The molecular weight excluding hydrogens is 167 g/mol. The van der Waals surface area contributed by atoms with Crippen LogP contribution in [0, 0.1) is 5.82 Å². The number of hydrogen-bond acceptors (Lipinski definition) is 2. The Morgan fingerprint density at radius 2 is 2.00 bits per heavy atom. The molecule has 0 atom stereocenters. The van der Waals surface area contributed by atoms with E-state index in [0.717, 1.165) is 31.4 Å². The third-order valence-electron chi connectivity index (χ3n) is 2.73. The van der Waals surface area contributed by atoms with Crippen LogP contribution in [0.25, 0.3) is 0 Å². The van der Waals surface area contributed by atoms with Gasteiger partial charge in [-0.25, -0.2) is 4.39 Å². The summed E-state index contributed by atoms with van der Waals surface area (Å²) in [6.45, 7) is 0. The first-order valence-electron chi connectivity index (χ1n) is 4.62. The lowest BCUT2D eigenvalue weighted by molar-refractivity contribution is 0.445. The lowest BCUT2D eigenvalue weighted by Crippen LogP contribution is -2.34. The van der Waals surface area contributed by atoms with Crippen LogP contribution in [-0.2, 0) is 5.54 Å². The van der Waals surface area contributed by atoms with E-state index in [-0.39, 0.29) is 11.4 Å². The molecule has 0 bridgehead atoms.